The van der Waals surface area contributed by atoms with Crippen LogP contribution in [0.1, 0.15) is 38.8 Å². The van der Waals surface area contributed by atoms with Gasteiger partial charge in [0.2, 0.25) is 5.91 Å². The second kappa shape index (κ2) is 5.42. The van der Waals surface area contributed by atoms with E-state index < -0.39 is 0 Å². The number of H-pyrrole nitrogens is 1. The Morgan fingerprint density at radius 2 is 2.29 bits per heavy atom. The van der Waals surface area contributed by atoms with Crippen molar-refractivity contribution in [3.63, 3.8) is 0 Å². The molecule has 0 aliphatic carbocycles. The largest absolute Gasteiger partial charge is 0.309 e. The van der Waals surface area contributed by atoms with Crippen LogP contribution in [0.15, 0.2) is 6.07 Å². The first-order valence-corrected chi connectivity index (χ1v) is 5.10. The molecule has 0 aromatic carbocycles. The van der Waals surface area contributed by atoms with E-state index in [9.17, 15) is 4.79 Å². The molecule has 1 aromatic heterocycles. The Morgan fingerprint density at radius 3 is 2.93 bits per heavy atom. The summed E-state index contributed by atoms with van der Waals surface area (Å²) in [5, 5.41) is 9.63. The summed E-state index contributed by atoms with van der Waals surface area (Å²) >= 11 is 0. The van der Waals surface area contributed by atoms with Crippen molar-refractivity contribution in [3.05, 3.63) is 11.8 Å². The van der Waals surface area contributed by atoms with Gasteiger partial charge in [-0.05, 0) is 12.8 Å². The highest BCUT2D eigenvalue weighted by atomic mass is 16.1. The molecule has 0 bridgehead atoms. The zero-order chi connectivity index (χ0) is 10.4. The Labute approximate surface area is 84.1 Å². The number of carbonyl (C=O) groups is 1. The number of amides is 1. The minimum atomic E-state index is 0.0297. The monoisotopic (exact) mass is 195 g/mol. The third-order valence-electron chi connectivity index (χ3n) is 1.89. The number of aryl methyl sites for hydroxylation is 1. The van der Waals surface area contributed by atoms with Gasteiger partial charge in [-0.3, -0.25) is 9.89 Å². The number of nitrogens with one attached hydrogen (secondary N) is 2. The fourth-order valence-corrected chi connectivity index (χ4v) is 1.26. The topological polar surface area (TPSA) is 57.8 Å². The molecular weight excluding hydrogens is 178 g/mol. The van der Waals surface area contributed by atoms with E-state index in [1.54, 1.807) is 0 Å². The van der Waals surface area contributed by atoms with E-state index >= 15 is 0 Å². The molecule has 0 radical (unpaired) electrons. The first-order chi connectivity index (χ1) is 6.76. The van der Waals surface area contributed by atoms with Gasteiger partial charge >= 0.3 is 0 Å². The fraction of sp³-hybridized carbons (Fsp3) is 0.600. The highest BCUT2D eigenvalue weighted by Gasteiger charge is 2.03. The van der Waals surface area contributed by atoms with Crippen molar-refractivity contribution in [3.8, 4) is 0 Å². The summed E-state index contributed by atoms with van der Waals surface area (Å²) in [6.07, 6.45) is 3.45. The van der Waals surface area contributed by atoms with Crippen LogP contribution in [-0.4, -0.2) is 16.1 Å². The molecule has 0 saturated carbocycles. The van der Waals surface area contributed by atoms with E-state index in [4.69, 9.17) is 0 Å². The summed E-state index contributed by atoms with van der Waals surface area (Å²) in [4.78, 5) is 11.2. The fourth-order valence-electron chi connectivity index (χ4n) is 1.26. The van der Waals surface area contributed by atoms with Gasteiger partial charge in [0.1, 0.15) is 0 Å². The van der Waals surface area contributed by atoms with Gasteiger partial charge < -0.3 is 5.32 Å². The van der Waals surface area contributed by atoms with Crippen molar-refractivity contribution in [2.45, 2.75) is 39.5 Å². The van der Waals surface area contributed by atoms with Gasteiger partial charge in [-0.2, -0.15) is 5.10 Å². The van der Waals surface area contributed by atoms with E-state index in [1.807, 2.05) is 13.0 Å². The molecule has 14 heavy (non-hydrogen) atoms. The zero-order valence-corrected chi connectivity index (χ0v) is 8.76. The van der Waals surface area contributed by atoms with Crippen molar-refractivity contribution in [2.24, 2.45) is 0 Å². The van der Waals surface area contributed by atoms with Gasteiger partial charge in [0.25, 0.3) is 0 Å². The van der Waals surface area contributed by atoms with Crippen molar-refractivity contribution >= 4 is 11.7 Å². The number of nitrogens with zero attached hydrogens (tertiary/aromatic N) is 1. The van der Waals surface area contributed by atoms with Gasteiger partial charge in [0, 0.05) is 18.2 Å². The van der Waals surface area contributed by atoms with Gasteiger partial charge in [-0.1, -0.05) is 20.3 Å². The van der Waals surface area contributed by atoms with E-state index in [1.165, 1.54) is 0 Å². The number of anilines is 1. The van der Waals surface area contributed by atoms with Crippen molar-refractivity contribution < 1.29 is 4.79 Å². The number of rotatable bonds is 5. The predicted octanol–water partition coefficient (Wildman–Crippen LogP) is 2.10. The summed E-state index contributed by atoms with van der Waals surface area (Å²) in [5.74, 6) is 0.661. The summed E-state index contributed by atoms with van der Waals surface area (Å²) in [5.41, 5.74) is 1.07. The minimum absolute atomic E-state index is 0.0297. The minimum Gasteiger partial charge on any atom is -0.309 e. The Hall–Kier alpha value is -1.32. The van der Waals surface area contributed by atoms with E-state index in [2.05, 4.69) is 22.4 Å². The summed E-state index contributed by atoms with van der Waals surface area (Å²) in [6, 6.07) is 1.89. The average Bonchev–Trinajstić information content (AvgIpc) is 2.53. The molecule has 0 fully saturated rings. The summed E-state index contributed by atoms with van der Waals surface area (Å²) < 4.78 is 0. The maximum atomic E-state index is 11.2. The van der Waals surface area contributed by atoms with Crippen LogP contribution >= 0.6 is 0 Å². The second-order valence-corrected chi connectivity index (χ2v) is 3.33. The smallest absolute Gasteiger partial charge is 0.225 e. The lowest BCUT2D eigenvalue weighted by atomic mass is 10.2. The maximum Gasteiger partial charge on any atom is 0.225 e. The van der Waals surface area contributed by atoms with Crippen LogP contribution in [0, 0.1) is 0 Å². The van der Waals surface area contributed by atoms with Gasteiger partial charge in [-0.15, -0.1) is 0 Å². The van der Waals surface area contributed by atoms with Crippen LogP contribution in [-0.2, 0) is 11.2 Å². The molecule has 1 rings (SSSR count). The molecule has 4 nitrogen and oxygen atoms in total. The highest BCUT2D eigenvalue weighted by molar-refractivity contribution is 5.89. The van der Waals surface area contributed by atoms with Crippen molar-refractivity contribution in [1.29, 1.82) is 0 Å². The number of carbonyl (C=O) groups excluding carboxylic acids is 1. The third-order valence-corrected chi connectivity index (χ3v) is 1.89. The van der Waals surface area contributed by atoms with E-state index in [0.29, 0.717) is 12.2 Å². The Kier molecular flexibility index (Phi) is 4.16. The van der Waals surface area contributed by atoms with Crippen LogP contribution in [0.5, 0.6) is 0 Å². The third kappa shape index (κ3) is 3.20. The number of hydrogen-bond donors (Lipinski definition) is 2. The molecule has 1 amide bonds. The molecule has 0 atom stereocenters. The Morgan fingerprint density at radius 1 is 1.50 bits per heavy atom. The van der Waals surface area contributed by atoms with Crippen LogP contribution in [0.2, 0.25) is 0 Å². The first kappa shape index (κ1) is 10.8. The first-order valence-electron chi connectivity index (χ1n) is 5.10. The lowest BCUT2D eigenvalue weighted by molar-refractivity contribution is -0.116. The Balaban J connectivity index is 2.46. The SMILES string of the molecule is CCCC(=O)Nc1cc(CCC)[nH]n1. The number of aromatic amines is 1. The van der Waals surface area contributed by atoms with Crippen molar-refractivity contribution in [1.82, 2.24) is 10.2 Å². The molecule has 1 heterocycles. The lowest BCUT2D eigenvalue weighted by Crippen LogP contribution is -2.10. The van der Waals surface area contributed by atoms with Gasteiger partial charge in [0.05, 0.1) is 0 Å². The molecule has 0 unspecified atom stereocenters. The average molecular weight is 195 g/mol. The van der Waals surface area contributed by atoms with Crippen LogP contribution in [0.25, 0.3) is 0 Å². The zero-order valence-electron chi connectivity index (χ0n) is 8.76. The molecule has 0 aliphatic heterocycles. The molecule has 0 spiro atoms. The molecular formula is C10H17N3O. The molecule has 0 aliphatic rings. The van der Waals surface area contributed by atoms with E-state index in [0.717, 1.165) is 25.0 Å². The second-order valence-electron chi connectivity index (χ2n) is 3.33. The molecule has 1 aromatic rings. The van der Waals surface area contributed by atoms with Gasteiger partial charge in [-0.25, -0.2) is 0 Å². The highest BCUT2D eigenvalue weighted by Crippen LogP contribution is 2.07. The Bertz CT molecular complexity index is 293. The normalized spacial score (nSPS) is 10.1. The van der Waals surface area contributed by atoms with Crippen LogP contribution in [0.4, 0.5) is 5.82 Å². The van der Waals surface area contributed by atoms with Crippen molar-refractivity contribution in [2.75, 3.05) is 5.32 Å². The molecule has 2 N–H and O–H groups in total. The quantitative estimate of drug-likeness (QED) is 0.756. The molecule has 4 heteroatoms. The summed E-state index contributed by atoms with van der Waals surface area (Å²) in [6.45, 7) is 4.09. The van der Waals surface area contributed by atoms with Crippen LogP contribution < -0.4 is 5.32 Å². The van der Waals surface area contributed by atoms with Crippen LogP contribution in [0.3, 0.4) is 0 Å². The standard InChI is InChI=1S/C10H17N3O/c1-3-5-8-7-9(13-12-8)11-10(14)6-4-2/h7H,3-6H2,1-2H3,(H2,11,12,13,14). The predicted molar refractivity (Wildman–Crippen MR) is 56.1 cm³/mol. The number of hydrogen-bond acceptors (Lipinski definition) is 2. The number of aromatic nitrogens is 2. The lowest BCUT2D eigenvalue weighted by Gasteiger charge is -1.97. The van der Waals surface area contributed by atoms with E-state index in [-0.39, 0.29) is 5.91 Å². The maximum absolute atomic E-state index is 11.2. The summed E-state index contributed by atoms with van der Waals surface area (Å²) in [7, 11) is 0. The molecule has 0 saturated heterocycles. The van der Waals surface area contributed by atoms with Gasteiger partial charge in [0.15, 0.2) is 5.82 Å². The molecule has 78 valence electrons.